The van der Waals surface area contributed by atoms with Gasteiger partial charge in [-0.25, -0.2) is 8.42 Å². The first-order valence-corrected chi connectivity index (χ1v) is 12.0. The Morgan fingerprint density at radius 3 is 2.38 bits per heavy atom. The van der Waals surface area contributed by atoms with Crippen LogP contribution in [0, 0.1) is 0 Å². The average Bonchev–Trinajstić information content (AvgIpc) is 2.81. The minimum atomic E-state index is -3.57. The van der Waals surface area contributed by atoms with Crippen molar-refractivity contribution in [3.05, 3.63) is 77.4 Å². The number of hydrogen-bond acceptors (Lipinski definition) is 5. The smallest absolute Gasteiger partial charge is 0.255 e. The first-order valence-electron chi connectivity index (χ1n) is 10.2. The minimum absolute atomic E-state index is 0.183. The summed E-state index contributed by atoms with van der Waals surface area (Å²) < 4.78 is 27.2. The molecule has 3 aromatic rings. The first kappa shape index (κ1) is 22.4. The normalized spacial score (nSPS) is 15.4. The fourth-order valence-electron chi connectivity index (χ4n) is 3.48. The van der Waals surface area contributed by atoms with Crippen molar-refractivity contribution in [1.82, 2.24) is 14.2 Å². The number of pyridine rings is 1. The molecular formula is C23H23ClN4O3S. The Kier molecular flexibility index (Phi) is 6.57. The van der Waals surface area contributed by atoms with Gasteiger partial charge < -0.3 is 10.2 Å². The van der Waals surface area contributed by atoms with Gasteiger partial charge in [0.05, 0.1) is 15.6 Å². The Morgan fingerprint density at radius 2 is 1.72 bits per heavy atom. The number of carbonyl (C=O) groups is 1. The second-order valence-corrected chi connectivity index (χ2v) is 9.94. The van der Waals surface area contributed by atoms with Crippen molar-refractivity contribution in [3.63, 3.8) is 0 Å². The van der Waals surface area contributed by atoms with E-state index in [0.717, 1.165) is 0 Å². The number of amides is 1. The molecule has 1 saturated heterocycles. The third kappa shape index (κ3) is 4.83. The van der Waals surface area contributed by atoms with E-state index in [9.17, 15) is 13.2 Å². The van der Waals surface area contributed by atoms with E-state index in [2.05, 4.69) is 15.2 Å². The van der Waals surface area contributed by atoms with Gasteiger partial charge in [0, 0.05) is 49.2 Å². The molecule has 2 heterocycles. The van der Waals surface area contributed by atoms with Crippen LogP contribution in [0.5, 0.6) is 0 Å². The van der Waals surface area contributed by atoms with Crippen molar-refractivity contribution in [2.45, 2.75) is 4.90 Å². The third-order valence-corrected chi connectivity index (χ3v) is 7.62. The lowest BCUT2D eigenvalue weighted by molar-refractivity contribution is 0.102. The Morgan fingerprint density at radius 1 is 1.00 bits per heavy atom. The second kappa shape index (κ2) is 9.38. The maximum absolute atomic E-state index is 12.9. The van der Waals surface area contributed by atoms with Gasteiger partial charge in [0.15, 0.2) is 0 Å². The predicted molar refractivity (Wildman–Crippen MR) is 125 cm³/mol. The molecule has 1 aromatic heterocycles. The lowest BCUT2D eigenvalue weighted by Gasteiger charge is -2.31. The van der Waals surface area contributed by atoms with Crippen LogP contribution in [0.4, 0.5) is 5.69 Å². The molecule has 166 valence electrons. The van der Waals surface area contributed by atoms with Gasteiger partial charge >= 0.3 is 0 Å². The van der Waals surface area contributed by atoms with Gasteiger partial charge in [0.25, 0.3) is 5.91 Å². The number of anilines is 1. The molecule has 0 unspecified atom stereocenters. The van der Waals surface area contributed by atoms with Gasteiger partial charge in [-0.2, -0.15) is 4.31 Å². The van der Waals surface area contributed by atoms with Gasteiger partial charge in [-0.3, -0.25) is 9.78 Å². The molecule has 7 nitrogen and oxygen atoms in total. The molecule has 0 bridgehead atoms. The van der Waals surface area contributed by atoms with Gasteiger partial charge in [-0.15, -0.1) is 0 Å². The number of hydrogen-bond donors (Lipinski definition) is 1. The number of likely N-dealkylation sites (N-methyl/N-ethyl adjacent to an activating group) is 1. The molecule has 0 atom stereocenters. The average molecular weight is 471 g/mol. The highest BCUT2D eigenvalue weighted by Crippen LogP contribution is 2.29. The summed E-state index contributed by atoms with van der Waals surface area (Å²) in [5, 5.41) is 3.36. The molecule has 0 saturated carbocycles. The van der Waals surface area contributed by atoms with Gasteiger partial charge in [-0.1, -0.05) is 17.7 Å². The SMILES string of the molecule is CN1CCN(S(=O)(=O)c2ccc(C(=O)Nc3ccc(Cl)c(-c4ccccn4)c3)cc2)CC1. The van der Waals surface area contributed by atoms with E-state index in [-0.39, 0.29) is 10.8 Å². The Bertz CT molecular complexity index is 1210. The van der Waals surface area contributed by atoms with Gasteiger partial charge in [0.2, 0.25) is 10.0 Å². The molecule has 0 aliphatic carbocycles. The maximum Gasteiger partial charge on any atom is 0.255 e. The van der Waals surface area contributed by atoms with Crippen LogP contribution >= 0.6 is 11.6 Å². The summed E-state index contributed by atoms with van der Waals surface area (Å²) in [4.78, 5) is 19.3. The fourth-order valence-corrected chi connectivity index (χ4v) is 5.12. The highest BCUT2D eigenvalue weighted by atomic mass is 35.5. The predicted octanol–water partition coefficient (Wildman–Crippen LogP) is 3.59. The highest BCUT2D eigenvalue weighted by Gasteiger charge is 2.27. The molecular weight excluding hydrogens is 448 g/mol. The standard InChI is InChI=1S/C23H23ClN4O3S/c1-27-12-14-28(15-13-27)32(30,31)19-8-5-17(6-9-19)23(29)26-18-7-10-21(24)20(16-18)22-4-2-3-11-25-22/h2-11,16H,12-15H2,1H3,(H,26,29). The summed E-state index contributed by atoms with van der Waals surface area (Å²) in [7, 11) is -1.60. The number of halogens is 1. The molecule has 1 amide bonds. The number of carbonyl (C=O) groups excluding carboxylic acids is 1. The zero-order valence-electron chi connectivity index (χ0n) is 17.5. The van der Waals surface area contributed by atoms with Crippen molar-refractivity contribution < 1.29 is 13.2 Å². The Hall–Kier alpha value is -2.78. The number of rotatable bonds is 5. The topological polar surface area (TPSA) is 82.6 Å². The molecule has 0 spiro atoms. The largest absolute Gasteiger partial charge is 0.322 e. The fraction of sp³-hybridized carbons (Fsp3) is 0.217. The van der Waals surface area contributed by atoms with Crippen LogP contribution in [0.2, 0.25) is 5.02 Å². The zero-order chi connectivity index (χ0) is 22.7. The Labute approximate surface area is 192 Å². The van der Waals surface area contributed by atoms with Crippen molar-refractivity contribution in [2.24, 2.45) is 0 Å². The van der Waals surface area contributed by atoms with Crippen LogP contribution < -0.4 is 5.32 Å². The van der Waals surface area contributed by atoms with E-state index in [1.54, 1.807) is 24.4 Å². The van der Waals surface area contributed by atoms with Crippen LogP contribution in [0.15, 0.2) is 71.8 Å². The maximum atomic E-state index is 12.9. The summed E-state index contributed by atoms with van der Waals surface area (Å²) in [6.45, 7) is 2.30. The van der Waals surface area contributed by atoms with Crippen LogP contribution in [0.25, 0.3) is 11.3 Å². The quantitative estimate of drug-likeness (QED) is 0.616. The van der Waals surface area contributed by atoms with Crippen LogP contribution in [-0.4, -0.2) is 61.7 Å². The summed E-state index contributed by atoms with van der Waals surface area (Å²) in [6.07, 6.45) is 1.68. The van der Waals surface area contributed by atoms with Crippen LogP contribution in [0.1, 0.15) is 10.4 Å². The van der Waals surface area contributed by atoms with E-state index in [1.165, 1.54) is 28.6 Å². The number of piperazine rings is 1. The minimum Gasteiger partial charge on any atom is -0.322 e. The molecule has 1 fully saturated rings. The zero-order valence-corrected chi connectivity index (χ0v) is 19.1. The summed E-state index contributed by atoms with van der Waals surface area (Å²) in [5.74, 6) is -0.345. The summed E-state index contributed by atoms with van der Waals surface area (Å²) in [6, 6.07) is 16.7. The van der Waals surface area contributed by atoms with E-state index in [4.69, 9.17) is 11.6 Å². The van der Waals surface area contributed by atoms with Crippen molar-refractivity contribution >= 4 is 33.2 Å². The molecule has 1 N–H and O–H groups in total. The summed E-state index contributed by atoms with van der Waals surface area (Å²) in [5.41, 5.74) is 2.33. The Balaban J connectivity index is 1.49. The van der Waals surface area contributed by atoms with E-state index in [1.807, 2.05) is 25.2 Å². The number of sulfonamides is 1. The lowest BCUT2D eigenvalue weighted by atomic mass is 10.1. The molecule has 1 aliphatic rings. The third-order valence-electron chi connectivity index (χ3n) is 5.38. The monoisotopic (exact) mass is 470 g/mol. The second-order valence-electron chi connectivity index (χ2n) is 7.60. The molecule has 32 heavy (non-hydrogen) atoms. The van der Waals surface area contributed by atoms with E-state index in [0.29, 0.717) is 53.7 Å². The summed E-state index contributed by atoms with van der Waals surface area (Å²) >= 11 is 6.30. The molecule has 0 radical (unpaired) electrons. The highest BCUT2D eigenvalue weighted by molar-refractivity contribution is 7.89. The van der Waals surface area contributed by atoms with Gasteiger partial charge in [-0.05, 0) is 61.6 Å². The number of benzene rings is 2. The van der Waals surface area contributed by atoms with E-state index < -0.39 is 10.0 Å². The van der Waals surface area contributed by atoms with Crippen molar-refractivity contribution in [3.8, 4) is 11.3 Å². The number of nitrogens with zero attached hydrogens (tertiary/aromatic N) is 3. The van der Waals surface area contributed by atoms with Crippen molar-refractivity contribution in [2.75, 3.05) is 38.5 Å². The van der Waals surface area contributed by atoms with Crippen LogP contribution in [0.3, 0.4) is 0 Å². The molecule has 9 heteroatoms. The first-order chi connectivity index (χ1) is 15.3. The molecule has 1 aliphatic heterocycles. The number of aromatic nitrogens is 1. The molecule has 2 aromatic carbocycles. The van der Waals surface area contributed by atoms with Gasteiger partial charge in [0.1, 0.15) is 0 Å². The van der Waals surface area contributed by atoms with Crippen LogP contribution in [-0.2, 0) is 10.0 Å². The number of nitrogens with one attached hydrogen (secondary N) is 1. The van der Waals surface area contributed by atoms with E-state index >= 15 is 0 Å². The molecule has 4 rings (SSSR count). The lowest BCUT2D eigenvalue weighted by Crippen LogP contribution is -2.47. The van der Waals surface area contributed by atoms with Crippen molar-refractivity contribution in [1.29, 1.82) is 0 Å².